The molecule has 1 aliphatic rings. The molecule has 0 unspecified atom stereocenters. The fraction of sp³-hybridized carbons (Fsp3) is 0.556. The molecule has 1 aromatic carbocycles. The van der Waals surface area contributed by atoms with Gasteiger partial charge < -0.3 is 10.0 Å². The molecular formula is C18H25NO3. The Morgan fingerprint density at radius 2 is 2.09 bits per heavy atom. The first-order chi connectivity index (χ1) is 10.5. The molecule has 0 radical (unpaired) electrons. The maximum absolute atomic E-state index is 12.5. The summed E-state index contributed by atoms with van der Waals surface area (Å²) in [6, 6.07) is 6.20. The number of rotatable bonds is 5. The van der Waals surface area contributed by atoms with Gasteiger partial charge in [0.05, 0.1) is 6.42 Å². The number of carbonyl (C=O) groups excluding carboxylic acids is 1. The van der Waals surface area contributed by atoms with Crippen molar-refractivity contribution >= 4 is 11.9 Å². The Hall–Kier alpha value is -1.84. The van der Waals surface area contributed by atoms with E-state index in [0.29, 0.717) is 25.3 Å². The summed E-state index contributed by atoms with van der Waals surface area (Å²) in [4.78, 5) is 25.1. The van der Waals surface area contributed by atoms with Crippen LogP contribution in [0.5, 0.6) is 0 Å². The average Bonchev–Trinajstić information content (AvgIpc) is 2.49. The summed E-state index contributed by atoms with van der Waals surface area (Å²) in [7, 11) is 0. The van der Waals surface area contributed by atoms with Gasteiger partial charge in [-0.3, -0.25) is 9.59 Å². The van der Waals surface area contributed by atoms with Gasteiger partial charge in [0.25, 0.3) is 0 Å². The zero-order valence-corrected chi connectivity index (χ0v) is 13.5. The second kappa shape index (κ2) is 7.43. The van der Waals surface area contributed by atoms with Crippen molar-refractivity contribution < 1.29 is 14.7 Å². The second-order valence-electron chi connectivity index (χ2n) is 6.39. The van der Waals surface area contributed by atoms with Gasteiger partial charge in [0.1, 0.15) is 0 Å². The van der Waals surface area contributed by atoms with Crippen LogP contribution in [0.25, 0.3) is 0 Å². The van der Waals surface area contributed by atoms with E-state index >= 15 is 0 Å². The van der Waals surface area contributed by atoms with Crippen molar-refractivity contribution in [2.75, 3.05) is 13.1 Å². The number of amides is 1. The topological polar surface area (TPSA) is 57.6 Å². The Balaban J connectivity index is 1.94. The molecular weight excluding hydrogens is 278 g/mol. The number of aliphatic carboxylic acids is 1. The minimum absolute atomic E-state index is 0.161. The van der Waals surface area contributed by atoms with Gasteiger partial charge in [-0.25, -0.2) is 0 Å². The fourth-order valence-corrected chi connectivity index (χ4v) is 3.12. The summed E-state index contributed by atoms with van der Waals surface area (Å²) in [6.45, 7) is 5.58. The van der Waals surface area contributed by atoms with Gasteiger partial charge in [-0.05, 0) is 50.2 Å². The molecule has 1 aromatic rings. The predicted molar refractivity (Wildman–Crippen MR) is 85.8 cm³/mol. The van der Waals surface area contributed by atoms with E-state index in [-0.39, 0.29) is 12.3 Å². The minimum Gasteiger partial charge on any atom is -0.481 e. The molecule has 1 heterocycles. The van der Waals surface area contributed by atoms with E-state index < -0.39 is 5.97 Å². The Kier molecular flexibility index (Phi) is 5.58. The molecule has 1 aliphatic heterocycles. The Bertz CT molecular complexity index is 553. The quantitative estimate of drug-likeness (QED) is 0.910. The number of carbonyl (C=O) groups is 2. The summed E-state index contributed by atoms with van der Waals surface area (Å²) in [6.07, 6.45) is 3.31. The maximum atomic E-state index is 12.5. The van der Waals surface area contributed by atoms with Crippen molar-refractivity contribution in [3.8, 4) is 0 Å². The zero-order chi connectivity index (χ0) is 16.1. The van der Waals surface area contributed by atoms with Crippen molar-refractivity contribution in [2.45, 2.75) is 46.0 Å². The zero-order valence-electron chi connectivity index (χ0n) is 13.5. The van der Waals surface area contributed by atoms with Crippen LogP contribution in [0.2, 0.25) is 0 Å². The van der Waals surface area contributed by atoms with E-state index in [2.05, 4.69) is 18.2 Å². The van der Waals surface area contributed by atoms with Crippen LogP contribution in [0.15, 0.2) is 18.2 Å². The molecule has 0 bridgehead atoms. The smallest absolute Gasteiger partial charge is 0.303 e. The molecule has 1 fully saturated rings. The van der Waals surface area contributed by atoms with Crippen molar-refractivity contribution in [1.29, 1.82) is 0 Å². The summed E-state index contributed by atoms with van der Waals surface area (Å²) < 4.78 is 0. The van der Waals surface area contributed by atoms with Crippen LogP contribution < -0.4 is 0 Å². The van der Waals surface area contributed by atoms with Gasteiger partial charge >= 0.3 is 5.97 Å². The lowest BCUT2D eigenvalue weighted by Crippen LogP contribution is -2.40. The fourth-order valence-electron chi connectivity index (χ4n) is 3.12. The number of hydrogen-bond acceptors (Lipinski definition) is 2. The SMILES string of the molecule is Cc1ccc(C)c(CC(=O)N2CCC[C@@H](CCC(=O)O)C2)c1. The molecule has 22 heavy (non-hydrogen) atoms. The summed E-state index contributed by atoms with van der Waals surface area (Å²) in [5, 5.41) is 8.79. The molecule has 0 spiro atoms. The lowest BCUT2D eigenvalue weighted by atomic mass is 9.93. The van der Waals surface area contributed by atoms with Crippen LogP contribution in [0.3, 0.4) is 0 Å². The van der Waals surface area contributed by atoms with Crippen LogP contribution >= 0.6 is 0 Å². The number of carboxylic acids is 1. The van der Waals surface area contributed by atoms with E-state index in [0.717, 1.165) is 30.5 Å². The Morgan fingerprint density at radius 1 is 1.32 bits per heavy atom. The number of carboxylic acid groups (broad SMARTS) is 1. The summed E-state index contributed by atoms with van der Waals surface area (Å²) in [5.41, 5.74) is 3.42. The molecule has 4 heteroatoms. The highest BCUT2D eigenvalue weighted by molar-refractivity contribution is 5.79. The third kappa shape index (κ3) is 4.58. The third-order valence-corrected chi connectivity index (χ3v) is 4.48. The molecule has 0 aromatic heterocycles. The highest BCUT2D eigenvalue weighted by atomic mass is 16.4. The maximum Gasteiger partial charge on any atom is 0.303 e. The molecule has 1 N–H and O–H groups in total. The number of benzene rings is 1. The lowest BCUT2D eigenvalue weighted by molar-refractivity contribution is -0.137. The van der Waals surface area contributed by atoms with Gasteiger partial charge in [-0.2, -0.15) is 0 Å². The Morgan fingerprint density at radius 3 is 2.82 bits per heavy atom. The predicted octanol–water partition coefficient (Wildman–Crippen LogP) is 2.95. The number of likely N-dealkylation sites (tertiary alicyclic amines) is 1. The van der Waals surface area contributed by atoms with Crippen molar-refractivity contribution in [3.05, 3.63) is 34.9 Å². The van der Waals surface area contributed by atoms with E-state index in [1.165, 1.54) is 5.56 Å². The summed E-state index contributed by atoms with van der Waals surface area (Å²) in [5.74, 6) is -0.264. The molecule has 0 aliphatic carbocycles. The second-order valence-corrected chi connectivity index (χ2v) is 6.39. The molecule has 120 valence electrons. The van der Waals surface area contributed by atoms with Crippen LogP contribution in [0.1, 0.15) is 42.4 Å². The molecule has 1 saturated heterocycles. The number of hydrogen-bond donors (Lipinski definition) is 1. The number of nitrogens with zero attached hydrogens (tertiary/aromatic N) is 1. The summed E-state index contributed by atoms with van der Waals surface area (Å²) >= 11 is 0. The standard InChI is InChI=1S/C18H25NO3/c1-13-5-6-14(2)16(10-13)11-17(20)19-9-3-4-15(12-19)7-8-18(21)22/h5-6,10,15H,3-4,7-9,11-12H2,1-2H3,(H,21,22)/t15-/m0/s1. The number of aryl methyl sites for hydroxylation is 2. The average molecular weight is 303 g/mol. The Labute approximate surface area is 132 Å². The van der Waals surface area contributed by atoms with Gasteiger partial charge in [0.15, 0.2) is 0 Å². The van der Waals surface area contributed by atoms with E-state index in [1.54, 1.807) is 0 Å². The largest absolute Gasteiger partial charge is 0.481 e. The van der Waals surface area contributed by atoms with Crippen LogP contribution in [0.4, 0.5) is 0 Å². The molecule has 1 atom stereocenters. The van der Waals surface area contributed by atoms with Gasteiger partial charge in [-0.1, -0.05) is 23.8 Å². The first kappa shape index (κ1) is 16.5. The van der Waals surface area contributed by atoms with Crippen molar-refractivity contribution in [2.24, 2.45) is 5.92 Å². The first-order valence-corrected chi connectivity index (χ1v) is 8.01. The van der Waals surface area contributed by atoms with Crippen LogP contribution in [-0.2, 0) is 16.0 Å². The van der Waals surface area contributed by atoms with Gasteiger partial charge in [-0.15, -0.1) is 0 Å². The third-order valence-electron chi connectivity index (χ3n) is 4.48. The minimum atomic E-state index is -0.751. The monoisotopic (exact) mass is 303 g/mol. The van der Waals surface area contributed by atoms with Crippen LogP contribution in [0, 0.1) is 19.8 Å². The van der Waals surface area contributed by atoms with Gasteiger partial charge in [0, 0.05) is 19.5 Å². The normalized spacial score (nSPS) is 18.3. The first-order valence-electron chi connectivity index (χ1n) is 8.01. The van der Waals surface area contributed by atoms with Gasteiger partial charge in [0.2, 0.25) is 5.91 Å². The molecule has 4 nitrogen and oxygen atoms in total. The lowest BCUT2D eigenvalue weighted by Gasteiger charge is -2.33. The highest BCUT2D eigenvalue weighted by Crippen LogP contribution is 2.22. The van der Waals surface area contributed by atoms with E-state index in [1.807, 2.05) is 18.7 Å². The van der Waals surface area contributed by atoms with E-state index in [4.69, 9.17) is 5.11 Å². The highest BCUT2D eigenvalue weighted by Gasteiger charge is 2.24. The molecule has 2 rings (SSSR count). The van der Waals surface area contributed by atoms with Crippen LogP contribution in [-0.4, -0.2) is 35.0 Å². The van der Waals surface area contributed by atoms with Crippen molar-refractivity contribution in [3.63, 3.8) is 0 Å². The van der Waals surface area contributed by atoms with Crippen molar-refractivity contribution in [1.82, 2.24) is 4.90 Å². The van der Waals surface area contributed by atoms with E-state index in [9.17, 15) is 9.59 Å². The number of piperidine rings is 1. The molecule has 1 amide bonds. The molecule has 0 saturated carbocycles.